The van der Waals surface area contributed by atoms with Gasteiger partial charge in [-0.2, -0.15) is 0 Å². The number of hydrogen-bond acceptors (Lipinski definition) is 4. The third-order valence-corrected chi connectivity index (χ3v) is 4.16. The Balaban J connectivity index is 1.80. The molecule has 3 rings (SSSR count). The van der Waals surface area contributed by atoms with Crippen molar-refractivity contribution in [2.24, 2.45) is 0 Å². The molecule has 3 aromatic rings. The van der Waals surface area contributed by atoms with Crippen LogP contribution in [0.5, 0.6) is 11.5 Å². The number of amides is 1. The largest absolute Gasteiger partial charge is 0.457 e. The molecular weight excluding hydrogens is 296 g/mol. The fourth-order valence-electron chi connectivity index (χ4n) is 2.15. The number of carbonyl (C=O) groups excluding carboxylic acids is 1. The molecule has 0 bridgehead atoms. The van der Waals surface area contributed by atoms with Gasteiger partial charge in [0.2, 0.25) is 0 Å². The molecule has 0 saturated heterocycles. The van der Waals surface area contributed by atoms with Gasteiger partial charge in [0.1, 0.15) is 11.5 Å². The zero-order chi connectivity index (χ0) is 15.7. The van der Waals surface area contributed by atoms with E-state index in [9.17, 15) is 4.79 Å². The molecule has 0 fully saturated rings. The summed E-state index contributed by atoms with van der Waals surface area (Å²) < 4.78 is 6.98. The molecule has 0 spiro atoms. The van der Waals surface area contributed by atoms with E-state index in [1.165, 1.54) is 0 Å². The Kier molecular flexibility index (Phi) is 3.81. The Hall–Kier alpha value is -2.40. The maximum absolute atomic E-state index is 11.8. The second-order valence-corrected chi connectivity index (χ2v) is 6.42. The lowest BCUT2D eigenvalue weighted by Crippen LogP contribution is -2.21. The average Bonchev–Trinajstić information content (AvgIpc) is 2.86. The molecule has 0 N–H and O–H groups in total. The van der Waals surface area contributed by atoms with Crippen LogP contribution in [-0.2, 0) is 0 Å². The monoisotopic (exact) mass is 312 g/mol. The quantitative estimate of drug-likeness (QED) is 0.731. The number of ether oxygens (including phenoxy) is 1. The summed E-state index contributed by atoms with van der Waals surface area (Å²) in [6.07, 6.45) is 0. The fraction of sp³-hybridized carbons (Fsp3) is 0.176. The van der Waals surface area contributed by atoms with Crippen LogP contribution in [-0.4, -0.2) is 29.9 Å². The van der Waals surface area contributed by atoms with Gasteiger partial charge in [0.25, 0.3) is 5.91 Å². The predicted octanol–water partition coefficient (Wildman–Crippen LogP) is 4.10. The van der Waals surface area contributed by atoms with Gasteiger partial charge in [-0.05, 0) is 43.3 Å². The van der Waals surface area contributed by atoms with Crippen LogP contribution in [0.15, 0.2) is 42.5 Å². The number of fused-ring (bicyclic) bond motifs is 1. The van der Waals surface area contributed by atoms with Crippen molar-refractivity contribution in [1.82, 2.24) is 9.88 Å². The Morgan fingerprint density at radius 1 is 1.09 bits per heavy atom. The van der Waals surface area contributed by atoms with Gasteiger partial charge < -0.3 is 9.64 Å². The molecule has 1 aromatic heterocycles. The molecule has 0 atom stereocenters. The SMILES string of the molecule is Cc1nc2cc(Oc3ccc(C(=O)N(C)C)cc3)ccc2s1. The van der Waals surface area contributed by atoms with Crippen molar-refractivity contribution in [1.29, 1.82) is 0 Å². The van der Waals surface area contributed by atoms with Gasteiger partial charge in [-0.15, -0.1) is 11.3 Å². The van der Waals surface area contributed by atoms with Crippen LogP contribution in [0.25, 0.3) is 10.2 Å². The minimum absolute atomic E-state index is 0.0223. The van der Waals surface area contributed by atoms with E-state index in [1.54, 1.807) is 54.6 Å². The summed E-state index contributed by atoms with van der Waals surface area (Å²) in [5.74, 6) is 1.41. The summed E-state index contributed by atoms with van der Waals surface area (Å²) in [6, 6.07) is 13.0. The van der Waals surface area contributed by atoms with Gasteiger partial charge >= 0.3 is 0 Å². The van der Waals surface area contributed by atoms with Gasteiger partial charge in [0.05, 0.1) is 15.2 Å². The number of thiazole rings is 1. The van der Waals surface area contributed by atoms with E-state index in [0.29, 0.717) is 11.3 Å². The molecule has 0 aliphatic rings. The van der Waals surface area contributed by atoms with Crippen molar-refractivity contribution >= 4 is 27.5 Å². The summed E-state index contributed by atoms with van der Waals surface area (Å²) in [4.78, 5) is 17.9. The van der Waals surface area contributed by atoms with Crippen LogP contribution in [0.1, 0.15) is 15.4 Å². The maximum atomic E-state index is 11.8. The molecule has 22 heavy (non-hydrogen) atoms. The van der Waals surface area contributed by atoms with E-state index in [2.05, 4.69) is 4.98 Å². The molecule has 4 nitrogen and oxygen atoms in total. The molecule has 0 unspecified atom stereocenters. The van der Waals surface area contributed by atoms with Crippen molar-refractivity contribution in [3.63, 3.8) is 0 Å². The van der Waals surface area contributed by atoms with Gasteiger partial charge in [0.15, 0.2) is 0 Å². The van der Waals surface area contributed by atoms with Crippen molar-refractivity contribution in [2.75, 3.05) is 14.1 Å². The predicted molar refractivity (Wildman–Crippen MR) is 88.9 cm³/mol. The molecule has 0 aliphatic carbocycles. The molecule has 0 radical (unpaired) electrons. The van der Waals surface area contributed by atoms with E-state index in [1.807, 2.05) is 25.1 Å². The average molecular weight is 312 g/mol. The third-order valence-electron chi connectivity index (χ3n) is 3.21. The Labute approximate surface area is 133 Å². The molecule has 1 amide bonds. The number of hydrogen-bond donors (Lipinski definition) is 0. The van der Waals surface area contributed by atoms with Crippen LogP contribution >= 0.6 is 11.3 Å². The van der Waals surface area contributed by atoms with Crippen LogP contribution in [0.3, 0.4) is 0 Å². The van der Waals surface area contributed by atoms with E-state index < -0.39 is 0 Å². The van der Waals surface area contributed by atoms with Gasteiger partial charge in [-0.3, -0.25) is 4.79 Å². The number of benzene rings is 2. The zero-order valence-corrected chi connectivity index (χ0v) is 13.5. The highest BCUT2D eigenvalue weighted by Crippen LogP contribution is 2.28. The van der Waals surface area contributed by atoms with Gasteiger partial charge in [-0.25, -0.2) is 4.98 Å². The summed E-state index contributed by atoms with van der Waals surface area (Å²) >= 11 is 1.67. The van der Waals surface area contributed by atoms with E-state index in [-0.39, 0.29) is 5.91 Å². The zero-order valence-electron chi connectivity index (χ0n) is 12.7. The highest BCUT2D eigenvalue weighted by molar-refractivity contribution is 7.18. The van der Waals surface area contributed by atoms with Crippen molar-refractivity contribution in [3.8, 4) is 11.5 Å². The van der Waals surface area contributed by atoms with Gasteiger partial charge in [0, 0.05) is 25.7 Å². The summed E-state index contributed by atoms with van der Waals surface area (Å²) in [6.45, 7) is 1.99. The first kappa shape index (κ1) is 14.5. The number of aromatic nitrogens is 1. The van der Waals surface area contributed by atoms with Crippen molar-refractivity contribution < 1.29 is 9.53 Å². The molecule has 0 saturated carbocycles. The van der Waals surface area contributed by atoms with Crippen LogP contribution in [0, 0.1) is 6.92 Å². The smallest absolute Gasteiger partial charge is 0.253 e. The number of rotatable bonds is 3. The van der Waals surface area contributed by atoms with E-state index >= 15 is 0 Å². The minimum Gasteiger partial charge on any atom is -0.457 e. The minimum atomic E-state index is -0.0223. The highest BCUT2D eigenvalue weighted by Gasteiger charge is 2.08. The molecule has 1 heterocycles. The lowest BCUT2D eigenvalue weighted by atomic mass is 10.2. The summed E-state index contributed by atoms with van der Waals surface area (Å²) in [5.41, 5.74) is 1.59. The molecular formula is C17H16N2O2S. The van der Waals surface area contributed by atoms with Crippen LogP contribution < -0.4 is 4.74 Å². The van der Waals surface area contributed by atoms with E-state index in [4.69, 9.17) is 4.74 Å². The van der Waals surface area contributed by atoms with E-state index in [0.717, 1.165) is 21.0 Å². The first-order valence-corrected chi connectivity index (χ1v) is 7.71. The lowest BCUT2D eigenvalue weighted by Gasteiger charge is -2.11. The molecule has 2 aromatic carbocycles. The van der Waals surface area contributed by atoms with Crippen molar-refractivity contribution in [2.45, 2.75) is 6.92 Å². The Morgan fingerprint density at radius 3 is 2.45 bits per heavy atom. The summed E-state index contributed by atoms with van der Waals surface area (Å²) in [7, 11) is 3.47. The first-order chi connectivity index (χ1) is 10.5. The standard InChI is InChI=1S/C17H16N2O2S/c1-11-18-15-10-14(8-9-16(15)22-11)21-13-6-4-12(5-7-13)17(20)19(2)3/h4-10H,1-3H3. The first-order valence-electron chi connectivity index (χ1n) is 6.90. The number of aryl methyl sites for hydroxylation is 1. The summed E-state index contributed by atoms with van der Waals surface area (Å²) in [5, 5.41) is 1.04. The maximum Gasteiger partial charge on any atom is 0.253 e. The van der Waals surface area contributed by atoms with Crippen molar-refractivity contribution in [3.05, 3.63) is 53.0 Å². The number of nitrogens with zero attached hydrogens (tertiary/aromatic N) is 2. The number of carbonyl (C=O) groups is 1. The Morgan fingerprint density at radius 2 is 1.77 bits per heavy atom. The van der Waals surface area contributed by atoms with Gasteiger partial charge in [-0.1, -0.05) is 0 Å². The lowest BCUT2D eigenvalue weighted by molar-refractivity contribution is 0.0827. The molecule has 5 heteroatoms. The van der Waals surface area contributed by atoms with Crippen LogP contribution in [0.2, 0.25) is 0 Å². The Bertz CT molecular complexity index is 822. The fourth-order valence-corrected chi connectivity index (χ4v) is 2.95. The molecule has 112 valence electrons. The second-order valence-electron chi connectivity index (χ2n) is 5.19. The third kappa shape index (κ3) is 2.94. The second kappa shape index (κ2) is 5.77. The molecule has 0 aliphatic heterocycles. The topological polar surface area (TPSA) is 42.4 Å². The highest BCUT2D eigenvalue weighted by atomic mass is 32.1. The van der Waals surface area contributed by atoms with Crippen LogP contribution in [0.4, 0.5) is 0 Å². The normalized spacial score (nSPS) is 10.7.